The van der Waals surface area contributed by atoms with Gasteiger partial charge in [-0.2, -0.15) is 0 Å². The van der Waals surface area contributed by atoms with E-state index in [0.29, 0.717) is 25.3 Å². The maximum Gasteiger partial charge on any atom is 0.229 e. The van der Waals surface area contributed by atoms with Crippen molar-refractivity contribution in [2.24, 2.45) is 17.6 Å². The largest absolute Gasteiger partial charge is 0.369 e. The summed E-state index contributed by atoms with van der Waals surface area (Å²) in [6.45, 7) is 0.531. The molecule has 0 radical (unpaired) electrons. The Hall–Kier alpha value is -1.39. The van der Waals surface area contributed by atoms with Gasteiger partial charge in [0.1, 0.15) is 0 Å². The molecule has 2 rings (SSSR count). The van der Waals surface area contributed by atoms with E-state index in [1.54, 1.807) is 0 Å². The van der Waals surface area contributed by atoms with Crippen LogP contribution in [0.4, 0.5) is 0 Å². The molecule has 0 aromatic carbocycles. The summed E-state index contributed by atoms with van der Waals surface area (Å²) in [6.07, 6.45) is 4.05. The molecule has 5 nitrogen and oxygen atoms in total. The Balaban J connectivity index is 1.84. The molecule has 0 unspecified atom stereocenters. The third-order valence-corrected chi connectivity index (χ3v) is 3.84. The third kappa shape index (κ3) is 2.65. The van der Waals surface area contributed by atoms with Gasteiger partial charge in [-0.25, -0.2) is 0 Å². The van der Waals surface area contributed by atoms with Crippen LogP contribution < -0.4 is 5.73 Å². The second-order valence-corrected chi connectivity index (χ2v) is 5.02. The number of hydrogen-bond donors (Lipinski definition) is 1. The lowest BCUT2D eigenvalue weighted by Crippen LogP contribution is -2.36. The highest BCUT2D eigenvalue weighted by molar-refractivity contribution is 6.01. The van der Waals surface area contributed by atoms with E-state index >= 15 is 0 Å². The number of rotatable bonds is 3. The van der Waals surface area contributed by atoms with Gasteiger partial charge in [-0.15, -0.1) is 0 Å². The number of hydrogen-bond acceptors (Lipinski definition) is 3. The fraction of sp³-hybridized carbons (Fsp3) is 0.750. The number of carbonyl (C=O) groups is 3. The number of nitrogens with zero attached hydrogens (tertiary/aromatic N) is 1. The first-order valence-corrected chi connectivity index (χ1v) is 6.20. The second-order valence-electron chi connectivity index (χ2n) is 5.02. The SMILES string of the molecule is NC(=O)[C@H]1CC[C@H](CN2C(=O)CCC2=O)CC1. The van der Waals surface area contributed by atoms with Crippen molar-refractivity contribution in [3.8, 4) is 0 Å². The molecule has 3 amide bonds. The van der Waals surface area contributed by atoms with Gasteiger partial charge < -0.3 is 5.73 Å². The van der Waals surface area contributed by atoms with Gasteiger partial charge in [-0.3, -0.25) is 19.3 Å². The van der Waals surface area contributed by atoms with E-state index in [1.165, 1.54) is 4.90 Å². The van der Waals surface area contributed by atoms with Crippen molar-refractivity contribution >= 4 is 17.7 Å². The lowest BCUT2D eigenvalue weighted by Gasteiger charge is -2.29. The summed E-state index contributed by atoms with van der Waals surface area (Å²) in [5.74, 6) is 0.00339. The summed E-state index contributed by atoms with van der Waals surface area (Å²) in [5, 5.41) is 0. The lowest BCUT2D eigenvalue weighted by molar-refractivity contribution is -0.139. The number of nitrogens with two attached hydrogens (primary N) is 1. The van der Waals surface area contributed by atoms with Gasteiger partial charge in [0.05, 0.1) is 0 Å². The molecule has 5 heteroatoms. The monoisotopic (exact) mass is 238 g/mol. The van der Waals surface area contributed by atoms with Crippen molar-refractivity contribution < 1.29 is 14.4 Å². The third-order valence-electron chi connectivity index (χ3n) is 3.84. The molecule has 1 aliphatic heterocycles. The molecular formula is C12H18N2O3. The number of likely N-dealkylation sites (tertiary alicyclic amines) is 1. The van der Waals surface area contributed by atoms with Crippen LogP contribution in [0.25, 0.3) is 0 Å². The van der Waals surface area contributed by atoms with E-state index in [0.717, 1.165) is 25.7 Å². The topological polar surface area (TPSA) is 80.5 Å². The van der Waals surface area contributed by atoms with Crippen LogP contribution in [0.3, 0.4) is 0 Å². The Morgan fingerprint density at radius 3 is 2.12 bits per heavy atom. The molecule has 94 valence electrons. The summed E-state index contributed by atoms with van der Waals surface area (Å²) in [4.78, 5) is 35.3. The van der Waals surface area contributed by atoms with Crippen LogP contribution in [0.2, 0.25) is 0 Å². The van der Waals surface area contributed by atoms with Gasteiger partial charge in [0.25, 0.3) is 0 Å². The standard InChI is InChI=1S/C12H18N2O3/c13-12(17)9-3-1-8(2-4-9)7-14-10(15)5-6-11(14)16/h8-9H,1-7H2,(H2,13,17)/t8-,9-. The molecule has 0 spiro atoms. The normalized spacial score (nSPS) is 29.8. The number of carbonyl (C=O) groups excluding carboxylic acids is 3. The highest BCUT2D eigenvalue weighted by Crippen LogP contribution is 2.30. The van der Waals surface area contributed by atoms with E-state index in [2.05, 4.69) is 0 Å². The van der Waals surface area contributed by atoms with E-state index in [-0.39, 0.29) is 23.6 Å². The molecule has 1 heterocycles. The molecule has 0 bridgehead atoms. The van der Waals surface area contributed by atoms with E-state index in [1.807, 2.05) is 0 Å². The Bertz CT molecular complexity index is 330. The molecule has 1 saturated heterocycles. The minimum atomic E-state index is -0.225. The highest BCUT2D eigenvalue weighted by atomic mass is 16.2. The van der Waals surface area contributed by atoms with Crippen molar-refractivity contribution in [3.05, 3.63) is 0 Å². The van der Waals surface area contributed by atoms with Crippen LogP contribution in [0.5, 0.6) is 0 Å². The van der Waals surface area contributed by atoms with Crippen LogP contribution in [0, 0.1) is 11.8 Å². The number of primary amides is 1. The van der Waals surface area contributed by atoms with Crippen molar-refractivity contribution in [2.45, 2.75) is 38.5 Å². The van der Waals surface area contributed by atoms with Crippen molar-refractivity contribution in [1.29, 1.82) is 0 Å². The molecule has 0 aromatic heterocycles. The molecular weight excluding hydrogens is 220 g/mol. The van der Waals surface area contributed by atoms with Gasteiger partial charge in [-0.05, 0) is 31.6 Å². The minimum absolute atomic E-state index is 0.0174. The number of amides is 3. The molecule has 1 saturated carbocycles. The molecule has 2 aliphatic rings. The van der Waals surface area contributed by atoms with Crippen LogP contribution in [-0.2, 0) is 14.4 Å². The fourth-order valence-electron chi connectivity index (χ4n) is 2.71. The smallest absolute Gasteiger partial charge is 0.229 e. The Labute approximate surface area is 100 Å². The molecule has 1 aliphatic carbocycles. The second kappa shape index (κ2) is 4.85. The van der Waals surface area contributed by atoms with Crippen LogP contribution in [0.1, 0.15) is 38.5 Å². The van der Waals surface area contributed by atoms with E-state index in [9.17, 15) is 14.4 Å². The fourth-order valence-corrected chi connectivity index (χ4v) is 2.71. The van der Waals surface area contributed by atoms with Crippen LogP contribution >= 0.6 is 0 Å². The predicted octanol–water partition coefficient (Wildman–Crippen LogP) is 0.427. The number of imide groups is 1. The van der Waals surface area contributed by atoms with Gasteiger partial charge in [0.15, 0.2) is 0 Å². The zero-order chi connectivity index (χ0) is 12.4. The Morgan fingerprint density at radius 1 is 1.12 bits per heavy atom. The van der Waals surface area contributed by atoms with Gasteiger partial charge in [0, 0.05) is 25.3 Å². The predicted molar refractivity (Wildman–Crippen MR) is 60.6 cm³/mol. The van der Waals surface area contributed by atoms with Crippen LogP contribution in [0.15, 0.2) is 0 Å². The average Bonchev–Trinajstić information content (AvgIpc) is 2.61. The quantitative estimate of drug-likeness (QED) is 0.724. The molecule has 17 heavy (non-hydrogen) atoms. The maximum absolute atomic E-state index is 11.5. The summed E-state index contributed by atoms with van der Waals surface area (Å²) < 4.78 is 0. The zero-order valence-corrected chi connectivity index (χ0v) is 9.85. The Morgan fingerprint density at radius 2 is 1.65 bits per heavy atom. The molecule has 2 fully saturated rings. The van der Waals surface area contributed by atoms with Gasteiger partial charge in [-0.1, -0.05) is 0 Å². The maximum atomic E-state index is 11.5. The molecule has 0 aromatic rings. The lowest BCUT2D eigenvalue weighted by atomic mass is 9.81. The summed E-state index contributed by atoms with van der Waals surface area (Å²) in [7, 11) is 0. The first kappa shape index (κ1) is 12.1. The molecule has 0 atom stereocenters. The van der Waals surface area contributed by atoms with E-state index in [4.69, 9.17) is 5.73 Å². The first-order valence-electron chi connectivity index (χ1n) is 6.20. The Kier molecular flexibility index (Phi) is 3.45. The van der Waals surface area contributed by atoms with Crippen molar-refractivity contribution in [1.82, 2.24) is 4.90 Å². The first-order chi connectivity index (χ1) is 8.08. The van der Waals surface area contributed by atoms with E-state index < -0.39 is 0 Å². The zero-order valence-electron chi connectivity index (χ0n) is 9.85. The summed E-state index contributed by atoms with van der Waals surface area (Å²) in [6, 6.07) is 0. The minimum Gasteiger partial charge on any atom is -0.369 e. The highest BCUT2D eigenvalue weighted by Gasteiger charge is 2.32. The van der Waals surface area contributed by atoms with Gasteiger partial charge in [0.2, 0.25) is 17.7 Å². The van der Waals surface area contributed by atoms with Crippen LogP contribution in [-0.4, -0.2) is 29.2 Å². The van der Waals surface area contributed by atoms with Crippen molar-refractivity contribution in [2.75, 3.05) is 6.54 Å². The summed E-state index contributed by atoms with van der Waals surface area (Å²) >= 11 is 0. The molecule has 2 N–H and O–H groups in total. The summed E-state index contributed by atoms with van der Waals surface area (Å²) in [5.41, 5.74) is 5.26. The average molecular weight is 238 g/mol. The van der Waals surface area contributed by atoms with Gasteiger partial charge >= 0.3 is 0 Å². The van der Waals surface area contributed by atoms with Crippen molar-refractivity contribution in [3.63, 3.8) is 0 Å².